The van der Waals surface area contributed by atoms with Crippen LogP contribution < -0.4 is 5.32 Å². The number of carbonyl (C=O) groups excluding carboxylic acids is 1. The first-order valence-electron chi connectivity index (χ1n) is 10.3. The lowest BCUT2D eigenvalue weighted by molar-refractivity contribution is -0.123. The summed E-state index contributed by atoms with van der Waals surface area (Å²) < 4.78 is 15.1. The third kappa shape index (κ3) is 3.12. The predicted octanol–water partition coefficient (Wildman–Crippen LogP) is 4.81. The van der Waals surface area contributed by atoms with Gasteiger partial charge >= 0.3 is 0 Å². The molecule has 0 spiro atoms. The number of halogens is 1. The molecular weight excluding hydrogens is 379 g/mol. The Balaban J connectivity index is 1.57. The molecule has 0 saturated heterocycles. The normalized spacial score (nSPS) is 22.9. The zero-order chi connectivity index (χ0) is 20.8. The summed E-state index contributed by atoms with van der Waals surface area (Å²) in [7, 11) is 0. The van der Waals surface area contributed by atoms with E-state index in [9.17, 15) is 9.18 Å². The second-order valence-electron chi connectivity index (χ2n) is 8.35. The summed E-state index contributed by atoms with van der Waals surface area (Å²) in [5.41, 5.74) is 4.08. The van der Waals surface area contributed by atoms with Crippen molar-refractivity contribution in [1.29, 1.82) is 0 Å². The van der Waals surface area contributed by atoms with Gasteiger partial charge in [0.15, 0.2) is 0 Å². The van der Waals surface area contributed by atoms with E-state index in [1.165, 1.54) is 24.0 Å². The minimum atomic E-state index is -0.346. The highest BCUT2D eigenvalue weighted by Crippen LogP contribution is 2.44. The van der Waals surface area contributed by atoms with Crippen LogP contribution in [0.4, 0.5) is 10.3 Å². The smallest absolute Gasteiger partial charge is 0.226 e. The Morgan fingerprint density at radius 1 is 1.07 bits per heavy atom. The molecule has 2 aliphatic rings. The maximum absolute atomic E-state index is 13.4. The van der Waals surface area contributed by atoms with Crippen LogP contribution in [0.25, 0.3) is 0 Å². The Morgan fingerprint density at radius 3 is 2.47 bits per heavy atom. The molecule has 2 heterocycles. The number of anilines is 1. The summed E-state index contributed by atoms with van der Waals surface area (Å²) in [5, 5.41) is 7.71. The number of carbonyl (C=O) groups is 1. The number of ketones is 1. The van der Waals surface area contributed by atoms with Crippen LogP contribution in [0, 0.1) is 11.7 Å². The molecule has 0 unspecified atom stereocenters. The molecule has 5 rings (SSSR count). The fourth-order valence-electron chi connectivity index (χ4n) is 4.51. The lowest BCUT2D eigenvalue weighted by atomic mass is 9.75. The van der Waals surface area contributed by atoms with Crippen molar-refractivity contribution < 1.29 is 9.18 Å². The molecule has 3 aromatic rings. The summed E-state index contributed by atoms with van der Waals surface area (Å²) >= 11 is 0. The van der Waals surface area contributed by atoms with Crippen LogP contribution in [0.1, 0.15) is 54.8 Å². The quantitative estimate of drug-likeness (QED) is 0.683. The third-order valence-corrected chi connectivity index (χ3v) is 6.14. The highest BCUT2D eigenvalue weighted by Gasteiger charge is 2.43. The molecule has 152 valence electrons. The second kappa shape index (κ2) is 7.20. The number of nitrogens with one attached hydrogen (secondary N) is 1. The van der Waals surface area contributed by atoms with E-state index in [1.54, 1.807) is 12.1 Å². The van der Waals surface area contributed by atoms with E-state index in [0.29, 0.717) is 18.3 Å². The molecule has 3 atom stereocenters. The van der Waals surface area contributed by atoms with Crippen LogP contribution in [-0.2, 0) is 4.79 Å². The number of benzene rings is 2. The average Bonchev–Trinajstić information content (AvgIpc) is 3.21. The van der Waals surface area contributed by atoms with Crippen molar-refractivity contribution in [2.75, 3.05) is 5.32 Å². The van der Waals surface area contributed by atoms with Gasteiger partial charge in [-0.05, 0) is 34.7 Å². The van der Waals surface area contributed by atoms with Gasteiger partial charge in [0.25, 0.3) is 0 Å². The molecule has 1 aliphatic carbocycles. The van der Waals surface area contributed by atoms with E-state index in [2.05, 4.69) is 59.6 Å². The Kier molecular flexibility index (Phi) is 4.50. The summed E-state index contributed by atoms with van der Waals surface area (Å²) in [6.07, 6.45) is 3.98. The van der Waals surface area contributed by atoms with Crippen LogP contribution in [0.3, 0.4) is 0 Å². The Hall–Kier alpha value is -3.28. The van der Waals surface area contributed by atoms with Gasteiger partial charge in [-0.25, -0.2) is 9.07 Å². The minimum absolute atomic E-state index is 0.0877. The van der Waals surface area contributed by atoms with Crippen LogP contribution in [0.5, 0.6) is 0 Å². The average molecular weight is 402 g/mol. The topological polar surface area (TPSA) is 59.8 Å². The van der Waals surface area contributed by atoms with Gasteiger partial charge < -0.3 is 5.32 Å². The first kappa shape index (κ1) is 18.7. The maximum atomic E-state index is 13.4. The molecular formula is C24H23FN4O. The van der Waals surface area contributed by atoms with Crippen molar-refractivity contribution in [2.24, 2.45) is 5.92 Å². The standard InChI is InChI=1S/C24H23FN4O/c1-14(2)15-3-5-17(6-4-15)23-22-20(28-24-26-13-27-29(23)24)11-18(12-21(22)30)16-7-9-19(25)10-8-16/h3-11,13-14,18,22-23H,12H2,1-2H3,(H,26,27,28)/t18-,22-,23-/m0/s1. The van der Waals surface area contributed by atoms with Crippen molar-refractivity contribution in [2.45, 2.75) is 38.1 Å². The van der Waals surface area contributed by atoms with E-state index < -0.39 is 0 Å². The Bertz CT molecular complexity index is 1110. The van der Waals surface area contributed by atoms with E-state index in [4.69, 9.17) is 0 Å². The lowest BCUT2D eigenvalue weighted by Gasteiger charge is -2.38. The molecule has 30 heavy (non-hydrogen) atoms. The predicted molar refractivity (Wildman–Crippen MR) is 113 cm³/mol. The summed E-state index contributed by atoms with van der Waals surface area (Å²) in [6.45, 7) is 4.33. The molecule has 6 heteroatoms. The van der Waals surface area contributed by atoms with Gasteiger partial charge in [-0.1, -0.05) is 56.3 Å². The Morgan fingerprint density at radius 2 is 1.77 bits per heavy atom. The molecule has 0 fully saturated rings. The van der Waals surface area contributed by atoms with Gasteiger partial charge in [0.2, 0.25) is 5.95 Å². The zero-order valence-corrected chi connectivity index (χ0v) is 16.9. The number of allylic oxidation sites excluding steroid dienone is 2. The molecule has 1 aliphatic heterocycles. The number of Topliss-reactive ketones (excluding diaryl/α,β-unsaturated/α-hetero) is 1. The van der Waals surface area contributed by atoms with Gasteiger partial charge in [0.05, 0.1) is 12.0 Å². The highest BCUT2D eigenvalue weighted by atomic mass is 19.1. The number of hydrogen-bond donors (Lipinski definition) is 1. The fraction of sp³-hybridized carbons (Fsp3) is 0.292. The fourth-order valence-corrected chi connectivity index (χ4v) is 4.51. The van der Waals surface area contributed by atoms with Gasteiger partial charge in [-0.3, -0.25) is 4.79 Å². The van der Waals surface area contributed by atoms with Gasteiger partial charge in [0.1, 0.15) is 17.9 Å². The van der Waals surface area contributed by atoms with Gasteiger partial charge in [-0.2, -0.15) is 10.1 Å². The van der Waals surface area contributed by atoms with Crippen LogP contribution in [0.15, 0.2) is 66.6 Å². The minimum Gasteiger partial charge on any atom is -0.328 e. The number of nitrogens with zero attached hydrogens (tertiary/aromatic N) is 3. The highest BCUT2D eigenvalue weighted by molar-refractivity contribution is 5.88. The van der Waals surface area contributed by atoms with Crippen molar-refractivity contribution in [3.8, 4) is 0 Å². The second-order valence-corrected chi connectivity index (χ2v) is 8.35. The molecule has 1 N–H and O–H groups in total. The molecule has 0 saturated carbocycles. The monoisotopic (exact) mass is 402 g/mol. The largest absolute Gasteiger partial charge is 0.328 e. The molecule has 5 nitrogen and oxygen atoms in total. The van der Waals surface area contributed by atoms with Crippen molar-refractivity contribution >= 4 is 11.7 Å². The molecule has 0 radical (unpaired) electrons. The molecule has 0 bridgehead atoms. The number of rotatable bonds is 3. The molecule has 1 aromatic heterocycles. The van der Waals surface area contributed by atoms with Crippen molar-refractivity contribution in [3.63, 3.8) is 0 Å². The number of hydrogen-bond acceptors (Lipinski definition) is 4. The van der Waals surface area contributed by atoms with E-state index in [-0.39, 0.29) is 29.5 Å². The van der Waals surface area contributed by atoms with Crippen molar-refractivity contribution in [1.82, 2.24) is 14.8 Å². The first-order chi connectivity index (χ1) is 14.5. The van der Waals surface area contributed by atoms with E-state index in [1.807, 2.05) is 4.68 Å². The number of aromatic nitrogens is 3. The first-order valence-corrected chi connectivity index (χ1v) is 10.3. The maximum Gasteiger partial charge on any atom is 0.226 e. The van der Waals surface area contributed by atoms with E-state index >= 15 is 0 Å². The zero-order valence-electron chi connectivity index (χ0n) is 16.9. The number of fused-ring (bicyclic) bond motifs is 2. The van der Waals surface area contributed by atoms with Crippen LogP contribution in [-0.4, -0.2) is 20.5 Å². The molecule has 2 aromatic carbocycles. The van der Waals surface area contributed by atoms with Crippen LogP contribution >= 0.6 is 0 Å². The Labute approximate surface area is 174 Å². The summed E-state index contributed by atoms with van der Waals surface area (Å²) in [6, 6.07) is 14.6. The van der Waals surface area contributed by atoms with Gasteiger partial charge in [0, 0.05) is 18.0 Å². The van der Waals surface area contributed by atoms with Crippen molar-refractivity contribution in [3.05, 3.63) is 89.1 Å². The lowest BCUT2D eigenvalue weighted by Crippen LogP contribution is -2.40. The summed E-state index contributed by atoms with van der Waals surface area (Å²) in [5.74, 6) is 0.505. The summed E-state index contributed by atoms with van der Waals surface area (Å²) in [4.78, 5) is 17.7. The van der Waals surface area contributed by atoms with E-state index in [0.717, 1.165) is 16.8 Å². The third-order valence-electron chi connectivity index (χ3n) is 6.14. The molecule has 0 amide bonds. The van der Waals surface area contributed by atoms with Crippen LogP contribution in [0.2, 0.25) is 0 Å². The van der Waals surface area contributed by atoms with Gasteiger partial charge in [-0.15, -0.1) is 0 Å². The SMILES string of the molecule is CC(C)c1ccc([C@H]2[C@@H]3C(=O)C[C@@H](c4ccc(F)cc4)C=C3Nc3ncnn32)cc1.